The number of para-hydroxylation sites is 2. The summed E-state index contributed by atoms with van der Waals surface area (Å²) in [5.41, 5.74) is 9.63. The Morgan fingerprint density at radius 3 is 2.37 bits per heavy atom. The van der Waals surface area contributed by atoms with E-state index in [1.807, 2.05) is 46.2 Å². The summed E-state index contributed by atoms with van der Waals surface area (Å²) in [7, 11) is 0. The fourth-order valence-corrected chi connectivity index (χ4v) is 5.93. The molecule has 4 aromatic rings. The molecule has 2 fully saturated rings. The highest BCUT2D eigenvalue weighted by Crippen LogP contribution is 2.33. The fourth-order valence-electron chi connectivity index (χ4n) is 5.93. The SMILES string of the molecule is Nc1ccccc1NC(=O)c1ccc(CNc2nc(CC(=O)N3CCN(Cc4ccc5c(c4)OCO5)CC3)nc(N3CCOCC3)n2)cc1. The summed E-state index contributed by atoms with van der Waals surface area (Å²) in [6, 6.07) is 20.4. The number of hydrogen-bond donors (Lipinski definition) is 3. The summed E-state index contributed by atoms with van der Waals surface area (Å²) in [4.78, 5) is 46.5. The molecule has 0 aliphatic carbocycles. The van der Waals surface area contributed by atoms with Crippen LogP contribution in [0.25, 0.3) is 0 Å². The molecule has 49 heavy (non-hydrogen) atoms. The van der Waals surface area contributed by atoms with E-state index in [9.17, 15) is 9.59 Å². The molecule has 4 heterocycles. The molecule has 2 saturated heterocycles. The molecule has 14 heteroatoms. The fraction of sp³-hybridized carbons (Fsp3) is 0.343. The summed E-state index contributed by atoms with van der Waals surface area (Å²) in [6.45, 7) is 6.71. The van der Waals surface area contributed by atoms with Gasteiger partial charge in [0, 0.05) is 57.9 Å². The standard InChI is InChI=1S/C35H39N9O5/c36-27-3-1-2-4-28(27)38-33(46)26-8-5-24(6-9-26)21-37-34-39-31(40-35(41-34)44-15-17-47-18-16-44)20-32(45)43-13-11-42(12-14-43)22-25-7-10-29-30(19-25)49-23-48-29/h1-10,19H,11-18,20-23,36H2,(H,38,46)(H,37,39,40,41). The van der Waals surface area contributed by atoms with Crippen molar-refractivity contribution in [2.75, 3.05) is 80.5 Å². The predicted molar refractivity (Wildman–Crippen MR) is 184 cm³/mol. The molecular weight excluding hydrogens is 626 g/mol. The van der Waals surface area contributed by atoms with Gasteiger partial charge >= 0.3 is 0 Å². The molecular formula is C35H39N9O5. The third-order valence-corrected chi connectivity index (χ3v) is 8.72. The number of nitrogens with zero attached hydrogens (tertiary/aromatic N) is 6. The molecule has 254 valence electrons. The number of fused-ring (bicyclic) bond motifs is 1. The number of hydrogen-bond acceptors (Lipinski definition) is 12. The van der Waals surface area contributed by atoms with E-state index < -0.39 is 0 Å². The van der Waals surface area contributed by atoms with Crippen LogP contribution in [-0.2, 0) is 29.0 Å². The van der Waals surface area contributed by atoms with Crippen LogP contribution in [-0.4, -0.2) is 95.8 Å². The van der Waals surface area contributed by atoms with Crippen molar-refractivity contribution in [3.63, 3.8) is 0 Å². The molecule has 0 unspecified atom stereocenters. The molecule has 3 aliphatic heterocycles. The Labute approximate surface area is 284 Å². The van der Waals surface area contributed by atoms with E-state index in [0.717, 1.165) is 42.3 Å². The van der Waals surface area contributed by atoms with Crippen molar-refractivity contribution in [3.8, 4) is 11.5 Å². The largest absolute Gasteiger partial charge is 0.454 e. The van der Waals surface area contributed by atoms with Gasteiger partial charge in [0.25, 0.3) is 5.91 Å². The van der Waals surface area contributed by atoms with Crippen molar-refractivity contribution in [2.45, 2.75) is 19.5 Å². The number of carbonyl (C=O) groups excluding carboxylic acids is 2. The van der Waals surface area contributed by atoms with Crippen molar-refractivity contribution in [1.82, 2.24) is 24.8 Å². The number of aromatic nitrogens is 3. The van der Waals surface area contributed by atoms with Crippen LogP contribution < -0.4 is 30.7 Å². The lowest BCUT2D eigenvalue weighted by Crippen LogP contribution is -2.48. The number of nitrogens with one attached hydrogen (secondary N) is 2. The van der Waals surface area contributed by atoms with Crippen LogP contribution in [0.15, 0.2) is 66.7 Å². The lowest BCUT2D eigenvalue weighted by Gasteiger charge is -2.34. The van der Waals surface area contributed by atoms with E-state index in [-0.39, 0.29) is 25.0 Å². The topological polar surface area (TPSA) is 160 Å². The van der Waals surface area contributed by atoms with Gasteiger partial charge < -0.3 is 40.4 Å². The van der Waals surface area contributed by atoms with Gasteiger partial charge in [-0.2, -0.15) is 15.0 Å². The van der Waals surface area contributed by atoms with E-state index in [1.165, 1.54) is 0 Å². The molecule has 1 aromatic heterocycles. The summed E-state index contributed by atoms with van der Waals surface area (Å²) in [5, 5.41) is 6.13. The Balaban J connectivity index is 0.965. The Hall–Kier alpha value is -5.47. The van der Waals surface area contributed by atoms with Gasteiger partial charge in [-0.05, 0) is 47.5 Å². The quantitative estimate of drug-likeness (QED) is 0.213. The normalized spacial score (nSPS) is 16.0. The molecule has 14 nitrogen and oxygen atoms in total. The van der Waals surface area contributed by atoms with Crippen molar-refractivity contribution < 1.29 is 23.8 Å². The Morgan fingerprint density at radius 2 is 1.57 bits per heavy atom. The van der Waals surface area contributed by atoms with Gasteiger partial charge in [-0.25, -0.2) is 0 Å². The van der Waals surface area contributed by atoms with Crippen molar-refractivity contribution >= 4 is 35.1 Å². The monoisotopic (exact) mass is 665 g/mol. The number of morpholine rings is 1. The molecule has 7 rings (SSSR count). The molecule has 0 atom stereocenters. The van der Waals surface area contributed by atoms with Gasteiger partial charge in [-0.1, -0.05) is 30.3 Å². The summed E-state index contributed by atoms with van der Waals surface area (Å²) < 4.78 is 16.5. The number of nitrogen functional groups attached to an aromatic ring is 1. The van der Waals surface area contributed by atoms with Crippen LogP contribution >= 0.6 is 0 Å². The Bertz CT molecular complexity index is 1790. The number of nitrogens with two attached hydrogens (primary N) is 1. The van der Waals surface area contributed by atoms with Crippen molar-refractivity contribution in [1.29, 1.82) is 0 Å². The van der Waals surface area contributed by atoms with Crippen LogP contribution in [0, 0.1) is 0 Å². The van der Waals surface area contributed by atoms with Crippen molar-refractivity contribution in [3.05, 3.63) is 89.2 Å². The first-order chi connectivity index (χ1) is 24.0. The Morgan fingerprint density at radius 1 is 0.816 bits per heavy atom. The van der Waals surface area contributed by atoms with Crippen molar-refractivity contribution in [2.24, 2.45) is 0 Å². The lowest BCUT2D eigenvalue weighted by atomic mass is 10.1. The Kier molecular flexibility index (Phi) is 9.66. The number of carbonyl (C=O) groups is 2. The maximum atomic E-state index is 13.4. The second kappa shape index (κ2) is 14.7. The predicted octanol–water partition coefficient (Wildman–Crippen LogP) is 2.77. The molecule has 4 N–H and O–H groups in total. The number of rotatable bonds is 10. The minimum absolute atomic E-state index is 0.0149. The second-order valence-corrected chi connectivity index (χ2v) is 12.1. The van der Waals surface area contributed by atoms with Crippen LogP contribution in [0.3, 0.4) is 0 Å². The number of anilines is 4. The van der Waals surface area contributed by atoms with Crippen LogP contribution in [0.5, 0.6) is 11.5 Å². The number of ether oxygens (including phenoxy) is 3. The zero-order chi connectivity index (χ0) is 33.6. The zero-order valence-electron chi connectivity index (χ0n) is 27.1. The van der Waals surface area contributed by atoms with E-state index in [2.05, 4.69) is 31.6 Å². The van der Waals surface area contributed by atoms with Crippen LogP contribution in [0.1, 0.15) is 27.3 Å². The lowest BCUT2D eigenvalue weighted by molar-refractivity contribution is -0.132. The molecule has 0 radical (unpaired) electrons. The van der Waals surface area contributed by atoms with E-state index in [4.69, 9.17) is 24.9 Å². The molecule has 2 amide bonds. The molecule has 0 spiro atoms. The van der Waals surface area contributed by atoms with Crippen LogP contribution in [0.4, 0.5) is 23.3 Å². The highest BCUT2D eigenvalue weighted by atomic mass is 16.7. The maximum absolute atomic E-state index is 13.4. The van der Waals surface area contributed by atoms with Gasteiger partial charge in [0.05, 0.1) is 31.0 Å². The molecule has 0 bridgehead atoms. The minimum Gasteiger partial charge on any atom is -0.454 e. The summed E-state index contributed by atoms with van der Waals surface area (Å²) in [6.07, 6.45) is 0.0758. The summed E-state index contributed by atoms with van der Waals surface area (Å²) in [5.74, 6) is 2.61. The first-order valence-electron chi connectivity index (χ1n) is 16.4. The third kappa shape index (κ3) is 7.99. The number of piperazine rings is 1. The van der Waals surface area contributed by atoms with Gasteiger partial charge in [0.2, 0.25) is 24.6 Å². The number of benzene rings is 3. The van der Waals surface area contributed by atoms with Gasteiger partial charge in [-0.3, -0.25) is 14.5 Å². The average molecular weight is 666 g/mol. The molecule has 0 saturated carbocycles. The average Bonchev–Trinajstić information content (AvgIpc) is 3.61. The zero-order valence-corrected chi connectivity index (χ0v) is 27.1. The first kappa shape index (κ1) is 32.1. The van der Waals surface area contributed by atoms with E-state index in [1.54, 1.807) is 24.3 Å². The van der Waals surface area contributed by atoms with Gasteiger partial charge in [-0.15, -0.1) is 0 Å². The smallest absolute Gasteiger partial charge is 0.255 e. The third-order valence-electron chi connectivity index (χ3n) is 8.72. The molecule has 3 aromatic carbocycles. The van der Waals surface area contributed by atoms with Gasteiger partial charge in [0.15, 0.2) is 11.5 Å². The second-order valence-electron chi connectivity index (χ2n) is 12.1. The highest BCUT2D eigenvalue weighted by molar-refractivity contribution is 6.05. The summed E-state index contributed by atoms with van der Waals surface area (Å²) >= 11 is 0. The minimum atomic E-state index is -0.245. The van der Waals surface area contributed by atoms with E-state index in [0.29, 0.717) is 80.6 Å². The van der Waals surface area contributed by atoms with E-state index >= 15 is 0 Å². The van der Waals surface area contributed by atoms with Crippen LogP contribution in [0.2, 0.25) is 0 Å². The number of amides is 2. The van der Waals surface area contributed by atoms with Gasteiger partial charge in [0.1, 0.15) is 5.82 Å². The highest BCUT2D eigenvalue weighted by Gasteiger charge is 2.24. The molecule has 3 aliphatic rings. The maximum Gasteiger partial charge on any atom is 0.255 e. The first-order valence-corrected chi connectivity index (χ1v) is 16.4.